The zero-order chi connectivity index (χ0) is 13.1. The zero-order valence-corrected chi connectivity index (χ0v) is 10.4. The molecule has 0 aromatic carbocycles. The maximum Gasteiger partial charge on any atom is 0.269 e. The molecule has 1 saturated carbocycles. The van der Waals surface area contributed by atoms with Crippen LogP contribution in [0.1, 0.15) is 23.3 Å². The number of hydrogen-bond acceptors (Lipinski definition) is 5. The molecular formula is C11H15N7O. The number of carbonyl (C=O) groups excluding carboxylic acids is 1. The minimum atomic E-state index is -0.105. The number of rotatable bonds is 6. The van der Waals surface area contributed by atoms with Crippen molar-refractivity contribution >= 4 is 5.91 Å². The third-order valence-corrected chi connectivity index (χ3v) is 3.10. The third-order valence-electron chi connectivity index (χ3n) is 3.10. The molecule has 2 aromatic heterocycles. The molecule has 3 rings (SSSR count). The average molecular weight is 261 g/mol. The standard InChI is InChI=1S/C11H15N7O/c19-11(12-5-6-17-8-13-15-16-17)10-3-4-14-18(10)7-9-1-2-9/h3-4,8-9H,1-2,5-7H2,(H,12,19). The zero-order valence-electron chi connectivity index (χ0n) is 10.4. The van der Waals surface area contributed by atoms with Crippen molar-refractivity contribution in [2.24, 2.45) is 5.92 Å². The SMILES string of the molecule is O=C(NCCn1cnnn1)c1ccnn1CC1CC1. The molecule has 0 spiro atoms. The van der Waals surface area contributed by atoms with Crippen LogP contribution in [0.3, 0.4) is 0 Å². The predicted molar refractivity (Wildman–Crippen MR) is 65.1 cm³/mol. The van der Waals surface area contributed by atoms with Crippen LogP contribution in [0, 0.1) is 5.92 Å². The molecule has 1 amide bonds. The summed E-state index contributed by atoms with van der Waals surface area (Å²) in [5.74, 6) is 0.582. The fourth-order valence-electron chi connectivity index (χ4n) is 1.87. The van der Waals surface area contributed by atoms with E-state index in [0.29, 0.717) is 24.7 Å². The van der Waals surface area contributed by atoms with Crippen LogP contribution in [0.5, 0.6) is 0 Å². The van der Waals surface area contributed by atoms with Gasteiger partial charge in [-0.25, -0.2) is 4.68 Å². The second-order valence-electron chi connectivity index (χ2n) is 4.67. The average Bonchev–Trinajstić information content (AvgIpc) is 2.90. The Labute approximate surface area is 109 Å². The lowest BCUT2D eigenvalue weighted by atomic mass is 10.3. The van der Waals surface area contributed by atoms with Gasteiger partial charge in [-0.05, 0) is 35.3 Å². The van der Waals surface area contributed by atoms with Crippen LogP contribution in [0.2, 0.25) is 0 Å². The maximum absolute atomic E-state index is 12.0. The highest BCUT2D eigenvalue weighted by Gasteiger charge is 2.24. The van der Waals surface area contributed by atoms with Gasteiger partial charge >= 0.3 is 0 Å². The van der Waals surface area contributed by atoms with Crippen LogP contribution in [0.4, 0.5) is 0 Å². The first-order valence-electron chi connectivity index (χ1n) is 6.34. The summed E-state index contributed by atoms with van der Waals surface area (Å²) < 4.78 is 3.35. The van der Waals surface area contributed by atoms with Crippen LogP contribution >= 0.6 is 0 Å². The lowest BCUT2D eigenvalue weighted by molar-refractivity contribution is 0.0940. The fraction of sp³-hybridized carbons (Fsp3) is 0.545. The number of aromatic nitrogens is 6. The van der Waals surface area contributed by atoms with Gasteiger partial charge in [0.1, 0.15) is 12.0 Å². The van der Waals surface area contributed by atoms with Gasteiger partial charge in [0.2, 0.25) is 0 Å². The van der Waals surface area contributed by atoms with Crippen LogP contribution in [-0.4, -0.2) is 42.4 Å². The molecule has 1 aliphatic carbocycles. The quantitative estimate of drug-likeness (QED) is 0.771. The molecule has 0 saturated heterocycles. The van der Waals surface area contributed by atoms with Crippen molar-refractivity contribution in [3.05, 3.63) is 24.3 Å². The fourth-order valence-corrected chi connectivity index (χ4v) is 1.87. The Balaban J connectivity index is 1.53. The van der Waals surface area contributed by atoms with Gasteiger partial charge in [-0.3, -0.25) is 9.48 Å². The highest BCUT2D eigenvalue weighted by atomic mass is 16.2. The Morgan fingerprint density at radius 2 is 2.37 bits per heavy atom. The van der Waals surface area contributed by atoms with Crippen molar-refractivity contribution in [3.8, 4) is 0 Å². The minimum Gasteiger partial charge on any atom is -0.349 e. The summed E-state index contributed by atoms with van der Waals surface area (Å²) in [5.41, 5.74) is 0.614. The van der Waals surface area contributed by atoms with Gasteiger partial charge in [-0.15, -0.1) is 5.10 Å². The highest BCUT2D eigenvalue weighted by Crippen LogP contribution is 2.30. The molecule has 100 valence electrons. The normalized spacial score (nSPS) is 14.5. The molecule has 8 heteroatoms. The van der Waals surface area contributed by atoms with Gasteiger partial charge in [0.15, 0.2) is 0 Å². The number of nitrogens with one attached hydrogen (secondary N) is 1. The van der Waals surface area contributed by atoms with Crippen LogP contribution in [0.25, 0.3) is 0 Å². The monoisotopic (exact) mass is 261 g/mol. The summed E-state index contributed by atoms with van der Waals surface area (Å²) >= 11 is 0. The number of carbonyl (C=O) groups is 1. The van der Waals surface area contributed by atoms with E-state index in [9.17, 15) is 4.79 Å². The van der Waals surface area contributed by atoms with E-state index in [-0.39, 0.29) is 5.91 Å². The van der Waals surface area contributed by atoms with Crippen molar-refractivity contribution < 1.29 is 4.79 Å². The Bertz CT molecular complexity index is 543. The maximum atomic E-state index is 12.0. The van der Waals surface area contributed by atoms with Crippen molar-refractivity contribution in [1.29, 1.82) is 0 Å². The van der Waals surface area contributed by atoms with E-state index in [0.717, 1.165) is 6.54 Å². The number of hydrogen-bond donors (Lipinski definition) is 1. The Morgan fingerprint density at radius 3 is 3.11 bits per heavy atom. The van der Waals surface area contributed by atoms with Gasteiger partial charge in [-0.2, -0.15) is 5.10 Å². The van der Waals surface area contributed by atoms with E-state index in [1.165, 1.54) is 19.2 Å². The van der Waals surface area contributed by atoms with Crippen LogP contribution in [-0.2, 0) is 13.1 Å². The predicted octanol–water partition coefficient (Wildman–Crippen LogP) is -0.290. The largest absolute Gasteiger partial charge is 0.349 e. The number of tetrazole rings is 1. The molecule has 1 aliphatic rings. The summed E-state index contributed by atoms with van der Waals surface area (Å²) in [5, 5.41) is 17.8. The van der Waals surface area contributed by atoms with Crippen molar-refractivity contribution in [2.75, 3.05) is 6.54 Å². The van der Waals surface area contributed by atoms with E-state index < -0.39 is 0 Å². The highest BCUT2D eigenvalue weighted by molar-refractivity contribution is 5.92. The first kappa shape index (κ1) is 11.8. The van der Waals surface area contributed by atoms with Gasteiger partial charge in [0, 0.05) is 19.3 Å². The summed E-state index contributed by atoms with van der Waals surface area (Å²) in [4.78, 5) is 12.0. The van der Waals surface area contributed by atoms with E-state index >= 15 is 0 Å². The molecule has 0 bridgehead atoms. The molecule has 0 aliphatic heterocycles. The van der Waals surface area contributed by atoms with E-state index in [2.05, 4.69) is 25.9 Å². The van der Waals surface area contributed by atoms with Crippen molar-refractivity contribution in [3.63, 3.8) is 0 Å². The second kappa shape index (κ2) is 5.17. The lowest BCUT2D eigenvalue weighted by Crippen LogP contribution is -2.29. The summed E-state index contributed by atoms with van der Waals surface area (Å²) in [6, 6.07) is 1.74. The first-order chi connectivity index (χ1) is 9.33. The van der Waals surface area contributed by atoms with Gasteiger partial charge in [-0.1, -0.05) is 0 Å². The lowest BCUT2D eigenvalue weighted by Gasteiger charge is -2.07. The molecule has 1 N–H and O–H groups in total. The van der Waals surface area contributed by atoms with Crippen molar-refractivity contribution in [2.45, 2.75) is 25.9 Å². The summed E-state index contributed by atoms with van der Waals surface area (Å²) in [6.45, 7) is 1.87. The summed E-state index contributed by atoms with van der Waals surface area (Å²) in [6.07, 6.45) is 5.66. The van der Waals surface area contributed by atoms with E-state index in [1.807, 2.05) is 0 Å². The summed E-state index contributed by atoms with van der Waals surface area (Å²) in [7, 11) is 0. The van der Waals surface area contributed by atoms with Crippen LogP contribution < -0.4 is 5.32 Å². The minimum absolute atomic E-state index is 0.105. The molecule has 0 unspecified atom stereocenters. The Hall–Kier alpha value is -2.25. The molecule has 19 heavy (non-hydrogen) atoms. The van der Waals surface area contributed by atoms with Crippen LogP contribution in [0.15, 0.2) is 18.6 Å². The van der Waals surface area contributed by atoms with Crippen molar-refractivity contribution in [1.82, 2.24) is 35.3 Å². The van der Waals surface area contributed by atoms with Gasteiger partial charge in [0.05, 0.1) is 6.54 Å². The molecule has 8 nitrogen and oxygen atoms in total. The smallest absolute Gasteiger partial charge is 0.269 e. The molecule has 0 atom stereocenters. The van der Waals surface area contributed by atoms with E-state index in [4.69, 9.17) is 0 Å². The molecule has 1 fully saturated rings. The molecule has 2 aromatic rings. The first-order valence-corrected chi connectivity index (χ1v) is 6.34. The molecule has 0 radical (unpaired) electrons. The molecular weight excluding hydrogens is 246 g/mol. The van der Waals surface area contributed by atoms with E-state index in [1.54, 1.807) is 21.6 Å². The topological polar surface area (TPSA) is 90.5 Å². The Kier molecular flexibility index (Phi) is 3.21. The molecule has 2 heterocycles. The second-order valence-corrected chi connectivity index (χ2v) is 4.67. The Morgan fingerprint density at radius 1 is 1.47 bits per heavy atom. The number of nitrogens with zero attached hydrogens (tertiary/aromatic N) is 6. The van der Waals surface area contributed by atoms with Gasteiger partial charge < -0.3 is 5.32 Å². The number of amides is 1. The third kappa shape index (κ3) is 2.95. The van der Waals surface area contributed by atoms with Gasteiger partial charge in [0.25, 0.3) is 5.91 Å².